The van der Waals surface area contributed by atoms with Crippen molar-refractivity contribution in [1.82, 2.24) is 5.32 Å². The highest BCUT2D eigenvalue weighted by atomic mass is 14.9. The van der Waals surface area contributed by atoms with Gasteiger partial charge >= 0.3 is 0 Å². The third-order valence-corrected chi connectivity index (χ3v) is 3.29. The highest BCUT2D eigenvalue weighted by Gasteiger charge is 2.13. The molecule has 0 bridgehead atoms. The highest BCUT2D eigenvalue weighted by Crippen LogP contribution is 2.22. The topological polar surface area (TPSA) is 12.0 Å². The molecule has 0 saturated heterocycles. The number of hydrogen-bond acceptors (Lipinski definition) is 1. The summed E-state index contributed by atoms with van der Waals surface area (Å²) in [4.78, 5) is 0. The fraction of sp³-hybridized carbons (Fsp3) is 0.625. The summed E-state index contributed by atoms with van der Waals surface area (Å²) >= 11 is 0. The van der Waals surface area contributed by atoms with Crippen LogP contribution in [-0.2, 0) is 11.8 Å². The van der Waals surface area contributed by atoms with E-state index in [9.17, 15) is 0 Å². The minimum absolute atomic E-state index is 0.254. The van der Waals surface area contributed by atoms with Gasteiger partial charge in [-0.25, -0.2) is 0 Å². The van der Waals surface area contributed by atoms with Crippen LogP contribution in [0.15, 0.2) is 24.3 Å². The van der Waals surface area contributed by atoms with Gasteiger partial charge in [0.05, 0.1) is 0 Å². The van der Waals surface area contributed by atoms with E-state index in [0.717, 1.165) is 13.0 Å². The summed E-state index contributed by atoms with van der Waals surface area (Å²) in [6, 6.07) is 9.71. The van der Waals surface area contributed by atoms with Crippen molar-refractivity contribution in [2.45, 2.75) is 58.9 Å². The van der Waals surface area contributed by atoms with Crippen LogP contribution in [0.1, 0.15) is 52.2 Å². The summed E-state index contributed by atoms with van der Waals surface area (Å²) < 4.78 is 0. The molecule has 1 nitrogen and oxygen atoms in total. The van der Waals surface area contributed by atoms with Gasteiger partial charge in [0, 0.05) is 6.04 Å². The second-order valence-corrected chi connectivity index (χ2v) is 5.81. The number of nitrogens with one attached hydrogen (secondary N) is 1. The first-order chi connectivity index (χ1) is 7.97. The second kappa shape index (κ2) is 6.20. The van der Waals surface area contributed by atoms with Gasteiger partial charge in [0.15, 0.2) is 0 Å². The number of benzene rings is 1. The van der Waals surface area contributed by atoms with Crippen molar-refractivity contribution in [2.24, 2.45) is 0 Å². The Labute approximate surface area is 107 Å². The molecule has 1 aromatic carbocycles. The van der Waals surface area contributed by atoms with Gasteiger partial charge in [-0.1, -0.05) is 58.9 Å². The van der Waals surface area contributed by atoms with Gasteiger partial charge in [0.1, 0.15) is 0 Å². The molecule has 0 fully saturated rings. The van der Waals surface area contributed by atoms with Gasteiger partial charge in [-0.15, -0.1) is 0 Å². The van der Waals surface area contributed by atoms with E-state index < -0.39 is 0 Å². The van der Waals surface area contributed by atoms with E-state index in [1.807, 2.05) is 0 Å². The fourth-order valence-corrected chi connectivity index (χ4v) is 2.07. The van der Waals surface area contributed by atoms with E-state index in [1.54, 1.807) is 0 Å². The lowest BCUT2D eigenvalue weighted by molar-refractivity contribution is 0.510. The summed E-state index contributed by atoms with van der Waals surface area (Å²) in [7, 11) is 0. The average Bonchev–Trinajstić information content (AvgIpc) is 2.28. The van der Waals surface area contributed by atoms with E-state index in [4.69, 9.17) is 0 Å². The molecule has 1 aromatic rings. The minimum Gasteiger partial charge on any atom is -0.314 e. The molecule has 1 unspecified atom stereocenters. The predicted molar refractivity (Wildman–Crippen MR) is 76.6 cm³/mol. The Hall–Kier alpha value is -0.820. The maximum Gasteiger partial charge on any atom is 0.0105 e. The standard InChI is InChI=1S/C16H27N/c1-6-15(17-7-2)12-13-8-10-14(11-9-13)16(3,4)5/h8-11,15,17H,6-7,12H2,1-5H3. The van der Waals surface area contributed by atoms with Gasteiger partial charge in [-0.3, -0.25) is 0 Å². The SMILES string of the molecule is CCNC(CC)Cc1ccc(C(C)(C)C)cc1. The zero-order valence-corrected chi connectivity index (χ0v) is 12.0. The van der Waals surface area contributed by atoms with Gasteiger partial charge in [-0.2, -0.15) is 0 Å². The zero-order valence-electron chi connectivity index (χ0n) is 12.0. The molecule has 0 aliphatic heterocycles. The Morgan fingerprint density at radius 1 is 1.06 bits per heavy atom. The van der Waals surface area contributed by atoms with Crippen molar-refractivity contribution in [3.05, 3.63) is 35.4 Å². The Morgan fingerprint density at radius 2 is 1.65 bits per heavy atom. The van der Waals surface area contributed by atoms with E-state index in [2.05, 4.69) is 64.2 Å². The van der Waals surface area contributed by atoms with Gasteiger partial charge in [0.2, 0.25) is 0 Å². The Balaban J connectivity index is 2.68. The molecule has 0 aromatic heterocycles. The van der Waals surface area contributed by atoms with Crippen LogP contribution >= 0.6 is 0 Å². The first-order valence-electron chi connectivity index (χ1n) is 6.80. The van der Waals surface area contributed by atoms with Crippen molar-refractivity contribution >= 4 is 0 Å². The Kier molecular flexibility index (Phi) is 5.20. The number of hydrogen-bond donors (Lipinski definition) is 1. The van der Waals surface area contributed by atoms with Crippen LogP contribution < -0.4 is 5.32 Å². The summed E-state index contributed by atoms with van der Waals surface area (Å²) in [5.41, 5.74) is 3.10. The second-order valence-electron chi connectivity index (χ2n) is 5.81. The molecule has 1 heteroatoms. The van der Waals surface area contributed by atoms with E-state index in [1.165, 1.54) is 17.5 Å². The van der Waals surface area contributed by atoms with Crippen LogP contribution in [0.25, 0.3) is 0 Å². The maximum absolute atomic E-state index is 3.53. The van der Waals surface area contributed by atoms with E-state index in [0.29, 0.717) is 6.04 Å². The van der Waals surface area contributed by atoms with E-state index in [-0.39, 0.29) is 5.41 Å². The maximum atomic E-state index is 3.53. The summed E-state index contributed by atoms with van der Waals surface area (Å²) in [6.07, 6.45) is 2.32. The van der Waals surface area contributed by atoms with Crippen LogP contribution in [-0.4, -0.2) is 12.6 Å². The molecule has 17 heavy (non-hydrogen) atoms. The Bertz CT molecular complexity index is 318. The number of rotatable bonds is 5. The first kappa shape index (κ1) is 14.2. The van der Waals surface area contributed by atoms with Crippen LogP contribution in [0.3, 0.4) is 0 Å². The lowest BCUT2D eigenvalue weighted by atomic mass is 9.86. The fourth-order valence-electron chi connectivity index (χ4n) is 2.07. The molecule has 1 N–H and O–H groups in total. The molecule has 0 spiro atoms. The quantitative estimate of drug-likeness (QED) is 0.813. The Morgan fingerprint density at radius 3 is 2.06 bits per heavy atom. The predicted octanol–water partition coefficient (Wildman–Crippen LogP) is 3.91. The molecule has 96 valence electrons. The molecule has 1 atom stereocenters. The van der Waals surface area contributed by atoms with Gasteiger partial charge in [0.25, 0.3) is 0 Å². The largest absolute Gasteiger partial charge is 0.314 e. The van der Waals surface area contributed by atoms with Gasteiger partial charge in [-0.05, 0) is 35.9 Å². The zero-order chi connectivity index (χ0) is 12.9. The lowest BCUT2D eigenvalue weighted by Crippen LogP contribution is -2.30. The summed E-state index contributed by atoms with van der Waals surface area (Å²) in [5.74, 6) is 0. The molecular weight excluding hydrogens is 206 g/mol. The summed E-state index contributed by atoms with van der Waals surface area (Å²) in [6.45, 7) is 12.3. The molecule has 0 aliphatic carbocycles. The molecule has 0 heterocycles. The van der Waals surface area contributed by atoms with Crippen molar-refractivity contribution in [3.63, 3.8) is 0 Å². The van der Waals surface area contributed by atoms with Gasteiger partial charge < -0.3 is 5.32 Å². The van der Waals surface area contributed by atoms with E-state index >= 15 is 0 Å². The smallest absolute Gasteiger partial charge is 0.0105 e. The molecule has 0 saturated carbocycles. The monoisotopic (exact) mass is 233 g/mol. The third-order valence-electron chi connectivity index (χ3n) is 3.29. The molecule has 0 radical (unpaired) electrons. The summed E-state index contributed by atoms with van der Waals surface area (Å²) in [5, 5.41) is 3.53. The van der Waals surface area contributed by atoms with Crippen LogP contribution in [0.2, 0.25) is 0 Å². The minimum atomic E-state index is 0.254. The van der Waals surface area contributed by atoms with Crippen molar-refractivity contribution < 1.29 is 0 Å². The van der Waals surface area contributed by atoms with Crippen LogP contribution in [0, 0.1) is 0 Å². The van der Waals surface area contributed by atoms with Crippen LogP contribution in [0.5, 0.6) is 0 Å². The molecule has 0 aliphatic rings. The first-order valence-corrected chi connectivity index (χ1v) is 6.80. The average molecular weight is 233 g/mol. The highest BCUT2D eigenvalue weighted by molar-refractivity contribution is 5.27. The lowest BCUT2D eigenvalue weighted by Gasteiger charge is -2.20. The normalized spacial score (nSPS) is 13.7. The van der Waals surface area contributed by atoms with Crippen molar-refractivity contribution in [1.29, 1.82) is 0 Å². The third kappa shape index (κ3) is 4.51. The molecule has 0 amide bonds. The molecule has 1 rings (SSSR count). The molecular formula is C16H27N. The number of likely N-dealkylation sites (N-methyl/N-ethyl adjacent to an activating group) is 1. The van der Waals surface area contributed by atoms with Crippen LogP contribution in [0.4, 0.5) is 0 Å². The van der Waals surface area contributed by atoms with Crippen molar-refractivity contribution in [2.75, 3.05) is 6.54 Å². The van der Waals surface area contributed by atoms with Crippen molar-refractivity contribution in [3.8, 4) is 0 Å².